The Morgan fingerprint density at radius 2 is 2.15 bits per heavy atom. The van der Waals surface area contributed by atoms with Crippen LogP contribution in [0.1, 0.15) is 18.9 Å². The van der Waals surface area contributed by atoms with E-state index in [-0.39, 0.29) is 5.75 Å². The summed E-state index contributed by atoms with van der Waals surface area (Å²) in [6.07, 6.45) is 3.68. The average Bonchev–Trinajstić information content (AvgIpc) is 2.44. The lowest BCUT2D eigenvalue weighted by atomic mass is 10.2. The maximum Gasteiger partial charge on any atom is 0.330 e. The maximum absolute atomic E-state index is 11.2. The SMILES string of the molecule is CCOC(=O)/C=C/c1ccc(O)c(OCCCOC)c1. The number of hydrogen-bond donors (Lipinski definition) is 1. The molecule has 0 saturated heterocycles. The molecular formula is C15H20O5. The third-order valence-corrected chi connectivity index (χ3v) is 2.43. The highest BCUT2D eigenvalue weighted by Crippen LogP contribution is 2.27. The molecule has 1 aromatic carbocycles. The van der Waals surface area contributed by atoms with E-state index >= 15 is 0 Å². The number of methoxy groups -OCH3 is 1. The van der Waals surface area contributed by atoms with Crippen LogP contribution in [0.4, 0.5) is 0 Å². The van der Waals surface area contributed by atoms with E-state index in [1.165, 1.54) is 12.1 Å². The molecular weight excluding hydrogens is 260 g/mol. The smallest absolute Gasteiger partial charge is 0.330 e. The third-order valence-electron chi connectivity index (χ3n) is 2.43. The van der Waals surface area contributed by atoms with Crippen LogP contribution in [0.15, 0.2) is 24.3 Å². The molecule has 1 rings (SSSR count). The van der Waals surface area contributed by atoms with Gasteiger partial charge in [0, 0.05) is 26.2 Å². The molecule has 20 heavy (non-hydrogen) atoms. The van der Waals surface area contributed by atoms with Gasteiger partial charge in [-0.15, -0.1) is 0 Å². The minimum atomic E-state index is -0.400. The van der Waals surface area contributed by atoms with Crippen molar-refractivity contribution in [1.82, 2.24) is 0 Å². The standard InChI is InChI=1S/C15H20O5/c1-3-19-15(17)8-6-12-5-7-13(16)14(11-12)20-10-4-9-18-2/h5-8,11,16H,3-4,9-10H2,1-2H3/b8-6+. The van der Waals surface area contributed by atoms with Crippen molar-refractivity contribution in [3.63, 3.8) is 0 Å². The lowest BCUT2D eigenvalue weighted by Crippen LogP contribution is -2.01. The topological polar surface area (TPSA) is 65.0 Å². The molecule has 5 nitrogen and oxygen atoms in total. The minimum Gasteiger partial charge on any atom is -0.504 e. The molecule has 0 amide bonds. The number of carbonyl (C=O) groups excluding carboxylic acids is 1. The second kappa shape index (κ2) is 8.98. The third kappa shape index (κ3) is 5.75. The van der Waals surface area contributed by atoms with Gasteiger partial charge in [-0.05, 0) is 30.7 Å². The van der Waals surface area contributed by atoms with Gasteiger partial charge in [0.1, 0.15) is 0 Å². The molecule has 0 aromatic heterocycles. The lowest BCUT2D eigenvalue weighted by molar-refractivity contribution is -0.137. The first-order valence-corrected chi connectivity index (χ1v) is 6.47. The van der Waals surface area contributed by atoms with E-state index < -0.39 is 5.97 Å². The van der Waals surface area contributed by atoms with Crippen molar-refractivity contribution in [2.75, 3.05) is 26.9 Å². The molecule has 1 aromatic rings. The Labute approximate surface area is 118 Å². The summed E-state index contributed by atoms with van der Waals surface area (Å²) in [7, 11) is 1.62. The van der Waals surface area contributed by atoms with Crippen molar-refractivity contribution < 1.29 is 24.1 Å². The van der Waals surface area contributed by atoms with Gasteiger partial charge in [0.25, 0.3) is 0 Å². The molecule has 5 heteroatoms. The molecule has 0 aliphatic carbocycles. The van der Waals surface area contributed by atoms with Crippen molar-refractivity contribution in [3.8, 4) is 11.5 Å². The van der Waals surface area contributed by atoms with Gasteiger partial charge < -0.3 is 19.3 Å². The van der Waals surface area contributed by atoms with Gasteiger partial charge in [-0.2, -0.15) is 0 Å². The van der Waals surface area contributed by atoms with Crippen LogP contribution in [-0.2, 0) is 14.3 Å². The van der Waals surface area contributed by atoms with Crippen molar-refractivity contribution in [3.05, 3.63) is 29.8 Å². The minimum absolute atomic E-state index is 0.0655. The summed E-state index contributed by atoms with van der Waals surface area (Å²) in [6.45, 7) is 3.14. The number of aromatic hydroxyl groups is 1. The number of ether oxygens (including phenoxy) is 3. The van der Waals surface area contributed by atoms with E-state index in [4.69, 9.17) is 14.2 Å². The summed E-state index contributed by atoms with van der Waals surface area (Å²) in [6, 6.07) is 4.88. The number of carbonyl (C=O) groups is 1. The molecule has 0 aliphatic heterocycles. The molecule has 0 unspecified atom stereocenters. The van der Waals surface area contributed by atoms with E-state index in [0.29, 0.717) is 25.6 Å². The fourth-order valence-corrected chi connectivity index (χ4v) is 1.49. The number of phenols is 1. The zero-order chi connectivity index (χ0) is 14.8. The Balaban J connectivity index is 2.63. The number of benzene rings is 1. The van der Waals surface area contributed by atoms with Crippen molar-refractivity contribution in [2.45, 2.75) is 13.3 Å². The highest BCUT2D eigenvalue weighted by molar-refractivity contribution is 5.87. The average molecular weight is 280 g/mol. The Morgan fingerprint density at radius 1 is 1.35 bits per heavy atom. The Bertz CT molecular complexity index is 454. The first-order valence-electron chi connectivity index (χ1n) is 6.47. The Kier molecular flexibility index (Phi) is 7.21. The Morgan fingerprint density at radius 3 is 2.85 bits per heavy atom. The molecule has 0 saturated carbocycles. The normalized spacial score (nSPS) is 10.7. The number of rotatable bonds is 8. The number of hydrogen-bond acceptors (Lipinski definition) is 5. The predicted octanol–water partition coefficient (Wildman–Crippen LogP) is 2.38. The van der Waals surface area contributed by atoms with Crippen LogP contribution in [0.2, 0.25) is 0 Å². The monoisotopic (exact) mass is 280 g/mol. The second-order valence-corrected chi connectivity index (χ2v) is 4.01. The van der Waals surface area contributed by atoms with Gasteiger partial charge in [0.05, 0.1) is 13.2 Å². The van der Waals surface area contributed by atoms with Crippen LogP contribution in [-0.4, -0.2) is 38.0 Å². The van der Waals surface area contributed by atoms with E-state index in [2.05, 4.69) is 0 Å². The number of esters is 1. The van der Waals surface area contributed by atoms with Gasteiger partial charge in [-0.3, -0.25) is 0 Å². The summed E-state index contributed by atoms with van der Waals surface area (Å²) < 4.78 is 15.2. The number of phenolic OH excluding ortho intramolecular Hbond substituents is 1. The predicted molar refractivity (Wildman–Crippen MR) is 75.8 cm³/mol. The summed E-state index contributed by atoms with van der Waals surface area (Å²) in [5.74, 6) is 0.0472. The maximum atomic E-state index is 11.2. The second-order valence-electron chi connectivity index (χ2n) is 4.01. The molecule has 1 N–H and O–H groups in total. The summed E-state index contributed by atoms with van der Waals surface area (Å²) in [5, 5.41) is 9.68. The van der Waals surface area contributed by atoms with Crippen LogP contribution in [0.25, 0.3) is 6.08 Å². The van der Waals surface area contributed by atoms with Crippen molar-refractivity contribution in [1.29, 1.82) is 0 Å². The lowest BCUT2D eigenvalue weighted by Gasteiger charge is -2.08. The first-order chi connectivity index (χ1) is 9.67. The van der Waals surface area contributed by atoms with Gasteiger partial charge in [-0.25, -0.2) is 4.79 Å². The molecule has 0 atom stereocenters. The first kappa shape index (κ1) is 16.0. The van der Waals surface area contributed by atoms with Crippen molar-refractivity contribution in [2.24, 2.45) is 0 Å². The molecule has 0 radical (unpaired) electrons. The van der Waals surface area contributed by atoms with E-state index in [1.807, 2.05) is 0 Å². The molecule has 0 fully saturated rings. The molecule has 0 aliphatic rings. The fraction of sp³-hybridized carbons (Fsp3) is 0.400. The Hall–Kier alpha value is -2.01. The van der Waals surface area contributed by atoms with E-state index in [1.54, 1.807) is 32.2 Å². The quantitative estimate of drug-likeness (QED) is 0.450. The molecule has 0 spiro atoms. The van der Waals surface area contributed by atoms with E-state index in [0.717, 1.165) is 12.0 Å². The van der Waals surface area contributed by atoms with Gasteiger partial charge >= 0.3 is 5.97 Å². The van der Waals surface area contributed by atoms with E-state index in [9.17, 15) is 9.90 Å². The van der Waals surface area contributed by atoms with Crippen LogP contribution >= 0.6 is 0 Å². The fourth-order valence-electron chi connectivity index (χ4n) is 1.49. The molecule has 0 heterocycles. The largest absolute Gasteiger partial charge is 0.504 e. The van der Waals surface area contributed by atoms with Crippen molar-refractivity contribution >= 4 is 12.0 Å². The van der Waals surface area contributed by atoms with Gasteiger partial charge in [0.15, 0.2) is 11.5 Å². The summed E-state index contributed by atoms with van der Waals surface area (Å²) >= 11 is 0. The highest BCUT2D eigenvalue weighted by Gasteiger charge is 2.03. The zero-order valence-corrected chi connectivity index (χ0v) is 11.8. The highest BCUT2D eigenvalue weighted by atomic mass is 16.5. The van der Waals surface area contributed by atoms with Crippen LogP contribution in [0.3, 0.4) is 0 Å². The summed E-state index contributed by atoms with van der Waals surface area (Å²) in [5.41, 5.74) is 0.748. The zero-order valence-electron chi connectivity index (χ0n) is 11.8. The molecule has 0 bridgehead atoms. The molecule has 110 valence electrons. The van der Waals surface area contributed by atoms with Gasteiger partial charge in [-0.1, -0.05) is 6.07 Å². The van der Waals surface area contributed by atoms with Crippen LogP contribution in [0, 0.1) is 0 Å². The van der Waals surface area contributed by atoms with Crippen LogP contribution in [0.5, 0.6) is 11.5 Å². The van der Waals surface area contributed by atoms with Crippen LogP contribution < -0.4 is 4.74 Å². The van der Waals surface area contributed by atoms with Gasteiger partial charge in [0.2, 0.25) is 0 Å². The summed E-state index contributed by atoms with van der Waals surface area (Å²) in [4.78, 5) is 11.2.